The van der Waals surface area contributed by atoms with Crippen molar-refractivity contribution in [2.75, 3.05) is 22.9 Å². The molecule has 33 heavy (non-hydrogen) atoms. The van der Waals surface area contributed by atoms with E-state index < -0.39 is 0 Å². The number of benzene rings is 2. The fourth-order valence-corrected chi connectivity index (χ4v) is 4.99. The third kappa shape index (κ3) is 4.41. The highest BCUT2D eigenvalue weighted by molar-refractivity contribution is 7.99. The Labute approximate surface area is 197 Å². The van der Waals surface area contributed by atoms with Gasteiger partial charge >= 0.3 is 0 Å². The predicted molar refractivity (Wildman–Crippen MR) is 131 cm³/mol. The molecule has 0 bridgehead atoms. The zero-order chi connectivity index (χ0) is 23.4. The molecule has 0 atom stereocenters. The second kappa shape index (κ2) is 9.77. The molecule has 0 saturated carbocycles. The van der Waals surface area contributed by atoms with Crippen LogP contribution in [-0.4, -0.2) is 23.2 Å². The van der Waals surface area contributed by atoms with Crippen LogP contribution in [0.3, 0.4) is 0 Å². The number of anilines is 2. The van der Waals surface area contributed by atoms with Crippen LogP contribution in [0, 0.1) is 22.7 Å². The molecular formula is C26H23N5OS. The van der Waals surface area contributed by atoms with Crippen LogP contribution in [0.5, 0.6) is 0 Å². The van der Waals surface area contributed by atoms with Crippen molar-refractivity contribution in [1.29, 1.82) is 10.5 Å². The maximum Gasteiger partial charge on any atom is 0.227 e. The lowest BCUT2D eigenvalue weighted by atomic mass is 9.96. The molecule has 1 aliphatic heterocycles. The van der Waals surface area contributed by atoms with E-state index in [1.807, 2.05) is 47.4 Å². The van der Waals surface area contributed by atoms with Gasteiger partial charge in [-0.25, -0.2) is 4.98 Å². The lowest BCUT2D eigenvalue weighted by Crippen LogP contribution is -2.29. The van der Waals surface area contributed by atoms with Gasteiger partial charge in [-0.2, -0.15) is 10.5 Å². The normalized spacial score (nSPS) is 12.2. The summed E-state index contributed by atoms with van der Waals surface area (Å²) in [5, 5.41) is 20.1. The Bertz CT molecular complexity index is 1290. The minimum Gasteiger partial charge on any atom is -0.383 e. The molecule has 0 unspecified atom stereocenters. The van der Waals surface area contributed by atoms with E-state index in [9.17, 15) is 15.3 Å². The Balaban J connectivity index is 1.57. The van der Waals surface area contributed by atoms with Crippen molar-refractivity contribution in [3.05, 3.63) is 70.8 Å². The first-order valence-corrected chi connectivity index (χ1v) is 11.8. The van der Waals surface area contributed by atoms with Crippen molar-refractivity contribution in [3.8, 4) is 23.3 Å². The first-order valence-electron chi connectivity index (χ1n) is 10.8. The van der Waals surface area contributed by atoms with E-state index in [1.165, 1.54) is 17.3 Å². The standard InChI is InChI=1S/C26H23N5OS/c1-2-17-7-9-19(10-8-17)24-20(15-27)25(29)30-26(21(24)16-28)33-14-12-23(32)31-13-11-18-5-3-4-6-22(18)31/h3-10H,2,11-14H2,1H3,(H2,29,30). The third-order valence-corrected chi connectivity index (χ3v) is 6.79. The van der Waals surface area contributed by atoms with Gasteiger partial charge in [0.05, 0.1) is 5.56 Å². The lowest BCUT2D eigenvalue weighted by Gasteiger charge is -2.17. The van der Waals surface area contributed by atoms with E-state index in [1.54, 1.807) is 0 Å². The van der Waals surface area contributed by atoms with E-state index in [4.69, 9.17) is 5.73 Å². The van der Waals surface area contributed by atoms with Gasteiger partial charge in [-0.3, -0.25) is 4.79 Å². The molecular weight excluding hydrogens is 430 g/mol. The SMILES string of the molecule is CCc1ccc(-c2c(C#N)c(N)nc(SCCC(=O)N3CCc4ccccc43)c2C#N)cc1. The highest BCUT2D eigenvalue weighted by atomic mass is 32.2. The van der Waals surface area contributed by atoms with Crippen molar-refractivity contribution in [2.24, 2.45) is 0 Å². The van der Waals surface area contributed by atoms with E-state index >= 15 is 0 Å². The third-order valence-electron chi connectivity index (χ3n) is 5.81. The molecule has 2 aromatic carbocycles. The molecule has 0 fully saturated rings. The number of hydrogen-bond donors (Lipinski definition) is 1. The van der Waals surface area contributed by atoms with Gasteiger partial charge in [0.2, 0.25) is 5.91 Å². The Morgan fingerprint density at radius 2 is 1.85 bits per heavy atom. The van der Waals surface area contributed by atoms with Crippen molar-refractivity contribution >= 4 is 29.2 Å². The van der Waals surface area contributed by atoms with Crippen LogP contribution >= 0.6 is 11.8 Å². The van der Waals surface area contributed by atoms with Gasteiger partial charge in [0.25, 0.3) is 0 Å². The summed E-state index contributed by atoms with van der Waals surface area (Å²) in [6.45, 7) is 2.75. The Kier molecular flexibility index (Phi) is 6.63. The molecule has 6 nitrogen and oxygen atoms in total. The maximum atomic E-state index is 12.8. The predicted octanol–water partition coefficient (Wildman–Crippen LogP) is 4.71. The van der Waals surface area contributed by atoms with Gasteiger partial charge < -0.3 is 10.6 Å². The summed E-state index contributed by atoms with van der Waals surface area (Å²) in [7, 11) is 0. The molecule has 1 amide bonds. The van der Waals surface area contributed by atoms with Gasteiger partial charge in [-0.05, 0) is 35.6 Å². The van der Waals surface area contributed by atoms with Crippen LogP contribution in [0.25, 0.3) is 11.1 Å². The van der Waals surface area contributed by atoms with E-state index in [-0.39, 0.29) is 17.3 Å². The minimum atomic E-state index is 0.0444. The number of carbonyl (C=O) groups excluding carboxylic acids is 1. The van der Waals surface area contributed by atoms with Crippen LogP contribution in [0.2, 0.25) is 0 Å². The molecule has 4 rings (SSSR count). The summed E-state index contributed by atoms with van der Waals surface area (Å²) in [5.41, 5.74) is 11.2. The number of amides is 1. The number of thioether (sulfide) groups is 1. The zero-order valence-corrected chi connectivity index (χ0v) is 19.2. The molecule has 2 N–H and O–H groups in total. The number of nitrogens with two attached hydrogens (primary N) is 1. The van der Waals surface area contributed by atoms with Crippen LogP contribution in [0.4, 0.5) is 11.5 Å². The number of pyridine rings is 1. The van der Waals surface area contributed by atoms with Crippen LogP contribution in [0.1, 0.15) is 35.6 Å². The fraction of sp³-hybridized carbons (Fsp3) is 0.231. The number of hydrogen-bond acceptors (Lipinski definition) is 6. The zero-order valence-electron chi connectivity index (χ0n) is 18.3. The van der Waals surface area contributed by atoms with Gasteiger partial charge in [0.1, 0.15) is 28.5 Å². The Morgan fingerprint density at radius 1 is 1.12 bits per heavy atom. The molecule has 0 aliphatic carbocycles. The molecule has 0 radical (unpaired) electrons. The number of para-hydroxylation sites is 1. The molecule has 164 valence electrons. The number of fused-ring (bicyclic) bond motifs is 1. The first kappa shape index (κ1) is 22.4. The molecule has 7 heteroatoms. The topological polar surface area (TPSA) is 107 Å². The summed E-state index contributed by atoms with van der Waals surface area (Å²) in [6, 6.07) is 20.0. The summed E-state index contributed by atoms with van der Waals surface area (Å²) < 4.78 is 0. The number of aryl methyl sites for hydroxylation is 1. The Morgan fingerprint density at radius 3 is 2.55 bits per heavy atom. The van der Waals surface area contributed by atoms with Crippen LogP contribution in [0.15, 0.2) is 53.6 Å². The fourth-order valence-electron chi connectivity index (χ4n) is 4.07. The van der Waals surface area contributed by atoms with Crippen molar-refractivity contribution in [1.82, 2.24) is 4.98 Å². The average molecular weight is 454 g/mol. The summed E-state index contributed by atoms with van der Waals surface area (Å²) in [5.74, 6) is 0.593. The highest BCUT2D eigenvalue weighted by Crippen LogP contribution is 2.36. The smallest absolute Gasteiger partial charge is 0.227 e. The molecule has 0 spiro atoms. The number of rotatable bonds is 6. The van der Waals surface area contributed by atoms with Crippen molar-refractivity contribution in [3.63, 3.8) is 0 Å². The minimum absolute atomic E-state index is 0.0444. The summed E-state index contributed by atoms with van der Waals surface area (Å²) in [6.07, 6.45) is 2.07. The van der Waals surface area contributed by atoms with Crippen molar-refractivity contribution in [2.45, 2.75) is 31.2 Å². The number of nitrogen functional groups attached to an aromatic ring is 1. The van der Waals surface area contributed by atoms with E-state index in [0.29, 0.717) is 34.9 Å². The molecule has 1 aliphatic rings. The van der Waals surface area contributed by atoms with Gasteiger partial charge in [-0.15, -0.1) is 11.8 Å². The van der Waals surface area contributed by atoms with Crippen LogP contribution < -0.4 is 10.6 Å². The average Bonchev–Trinajstić information content (AvgIpc) is 3.28. The quantitative estimate of drug-likeness (QED) is 0.542. The van der Waals surface area contributed by atoms with Gasteiger partial charge in [0.15, 0.2) is 0 Å². The number of aromatic nitrogens is 1. The summed E-state index contributed by atoms with van der Waals surface area (Å²) in [4.78, 5) is 19.0. The van der Waals surface area contributed by atoms with E-state index in [2.05, 4.69) is 30.1 Å². The molecule has 1 aromatic heterocycles. The Hall–Kier alpha value is -3.81. The number of nitrogens with zero attached hydrogens (tertiary/aromatic N) is 4. The van der Waals surface area contributed by atoms with Crippen LogP contribution in [-0.2, 0) is 17.6 Å². The second-order valence-corrected chi connectivity index (χ2v) is 8.81. The lowest BCUT2D eigenvalue weighted by molar-refractivity contribution is -0.118. The molecule has 3 aromatic rings. The highest BCUT2D eigenvalue weighted by Gasteiger charge is 2.25. The summed E-state index contributed by atoms with van der Waals surface area (Å²) >= 11 is 1.32. The first-order chi connectivity index (χ1) is 16.1. The number of nitriles is 2. The molecule has 2 heterocycles. The van der Waals surface area contributed by atoms with E-state index in [0.717, 1.165) is 29.7 Å². The number of carbonyl (C=O) groups is 1. The second-order valence-electron chi connectivity index (χ2n) is 7.72. The monoisotopic (exact) mass is 453 g/mol. The largest absolute Gasteiger partial charge is 0.383 e. The maximum absolute atomic E-state index is 12.8. The van der Waals surface area contributed by atoms with Gasteiger partial charge in [0, 0.05) is 30.0 Å². The van der Waals surface area contributed by atoms with Crippen molar-refractivity contribution < 1.29 is 4.79 Å². The van der Waals surface area contributed by atoms with Gasteiger partial charge in [-0.1, -0.05) is 49.4 Å². The molecule has 0 saturated heterocycles.